The summed E-state index contributed by atoms with van der Waals surface area (Å²) in [6, 6.07) is 10.3. The SMILES string of the molecule is COc1cc(C=C2C(=O)NC(=S)NC2=O)ccc1OCc1ccc(Cl)c(Cl)c1. The number of halogens is 2. The van der Waals surface area contributed by atoms with Gasteiger partial charge in [-0.05, 0) is 53.7 Å². The highest BCUT2D eigenvalue weighted by Gasteiger charge is 2.25. The van der Waals surface area contributed by atoms with Gasteiger partial charge in [-0.15, -0.1) is 0 Å². The molecule has 0 saturated carbocycles. The Morgan fingerprint density at radius 3 is 2.36 bits per heavy atom. The quantitative estimate of drug-likeness (QED) is 0.426. The Hall–Kier alpha value is -2.61. The van der Waals surface area contributed by atoms with Crippen LogP contribution in [0.5, 0.6) is 11.5 Å². The zero-order valence-electron chi connectivity index (χ0n) is 14.5. The summed E-state index contributed by atoms with van der Waals surface area (Å²) in [5.41, 5.74) is 1.38. The molecule has 0 radical (unpaired) electrons. The van der Waals surface area contributed by atoms with Crippen LogP contribution in [-0.2, 0) is 16.2 Å². The first-order valence-electron chi connectivity index (χ1n) is 8.00. The molecular weight excluding hydrogens is 423 g/mol. The third-order valence-corrected chi connectivity index (χ3v) is 4.76. The van der Waals surface area contributed by atoms with Gasteiger partial charge in [0.1, 0.15) is 12.2 Å². The van der Waals surface area contributed by atoms with Crippen molar-refractivity contribution in [3.8, 4) is 11.5 Å². The Kier molecular flexibility index (Phi) is 6.18. The van der Waals surface area contributed by atoms with Crippen LogP contribution in [0, 0.1) is 0 Å². The van der Waals surface area contributed by atoms with Gasteiger partial charge in [-0.2, -0.15) is 0 Å². The molecule has 6 nitrogen and oxygen atoms in total. The van der Waals surface area contributed by atoms with E-state index in [1.807, 2.05) is 6.07 Å². The number of hydrogen-bond acceptors (Lipinski definition) is 5. The minimum absolute atomic E-state index is 0.0178. The Morgan fingerprint density at radius 2 is 1.71 bits per heavy atom. The van der Waals surface area contributed by atoms with Gasteiger partial charge in [0.15, 0.2) is 16.6 Å². The van der Waals surface area contributed by atoms with E-state index in [1.165, 1.54) is 13.2 Å². The molecule has 0 unspecified atom stereocenters. The van der Waals surface area contributed by atoms with Gasteiger partial charge in [-0.1, -0.05) is 35.3 Å². The van der Waals surface area contributed by atoms with Gasteiger partial charge in [-0.3, -0.25) is 20.2 Å². The van der Waals surface area contributed by atoms with E-state index in [2.05, 4.69) is 10.6 Å². The van der Waals surface area contributed by atoms with E-state index < -0.39 is 11.8 Å². The molecule has 2 aromatic rings. The first-order valence-corrected chi connectivity index (χ1v) is 9.17. The van der Waals surface area contributed by atoms with Crippen LogP contribution in [0.2, 0.25) is 10.0 Å². The predicted octanol–water partition coefficient (Wildman–Crippen LogP) is 3.50. The largest absolute Gasteiger partial charge is 0.493 e. The second-order valence-corrected chi connectivity index (χ2v) is 6.97. The van der Waals surface area contributed by atoms with Gasteiger partial charge in [0.2, 0.25) is 0 Å². The molecule has 0 aliphatic carbocycles. The molecule has 0 bridgehead atoms. The summed E-state index contributed by atoms with van der Waals surface area (Å²) in [6.45, 7) is 0.260. The highest BCUT2D eigenvalue weighted by Crippen LogP contribution is 2.30. The van der Waals surface area contributed by atoms with Crippen LogP contribution < -0.4 is 20.1 Å². The van der Waals surface area contributed by atoms with E-state index >= 15 is 0 Å². The van der Waals surface area contributed by atoms with E-state index in [-0.39, 0.29) is 17.3 Å². The van der Waals surface area contributed by atoms with Crippen LogP contribution in [0.15, 0.2) is 42.0 Å². The summed E-state index contributed by atoms with van der Waals surface area (Å²) < 4.78 is 11.1. The fourth-order valence-corrected chi connectivity index (χ4v) is 2.96. The number of carbonyl (C=O) groups excluding carboxylic acids is 2. The number of rotatable bonds is 5. The lowest BCUT2D eigenvalue weighted by atomic mass is 10.1. The van der Waals surface area contributed by atoms with Gasteiger partial charge >= 0.3 is 0 Å². The first-order chi connectivity index (χ1) is 13.4. The molecule has 2 aromatic carbocycles. The van der Waals surface area contributed by atoms with Gasteiger partial charge in [0.25, 0.3) is 11.8 Å². The number of thiocarbonyl (C=S) groups is 1. The molecule has 1 fully saturated rings. The minimum Gasteiger partial charge on any atom is -0.493 e. The number of methoxy groups -OCH3 is 1. The van der Waals surface area contributed by atoms with Crippen molar-refractivity contribution in [3.63, 3.8) is 0 Å². The zero-order valence-corrected chi connectivity index (χ0v) is 16.9. The molecule has 1 aliphatic rings. The molecule has 28 heavy (non-hydrogen) atoms. The fourth-order valence-electron chi connectivity index (χ4n) is 2.46. The molecule has 0 spiro atoms. The Balaban J connectivity index is 1.79. The van der Waals surface area contributed by atoms with E-state index in [1.54, 1.807) is 30.3 Å². The normalized spacial score (nSPS) is 13.7. The minimum atomic E-state index is -0.562. The summed E-state index contributed by atoms with van der Waals surface area (Å²) in [6.07, 6.45) is 1.44. The van der Waals surface area contributed by atoms with Crippen LogP contribution in [0.3, 0.4) is 0 Å². The third-order valence-electron chi connectivity index (χ3n) is 3.82. The van der Waals surface area contributed by atoms with Crippen LogP contribution in [0.25, 0.3) is 6.08 Å². The molecule has 2 amide bonds. The number of benzene rings is 2. The lowest BCUT2D eigenvalue weighted by Gasteiger charge is -2.16. The Labute approximate surface area is 176 Å². The molecule has 0 aromatic heterocycles. The van der Waals surface area contributed by atoms with Crippen LogP contribution >= 0.6 is 35.4 Å². The van der Waals surface area contributed by atoms with Crippen molar-refractivity contribution in [1.29, 1.82) is 0 Å². The molecule has 144 valence electrons. The van der Waals surface area contributed by atoms with Crippen LogP contribution in [0.1, 0.15) is 11.1 Å². The lowest BCUT2D eigenvalue weighted by molar-refractivity contribution is -0.123. The van der Waals surface area contributed by atoms with E-state index in [9.17, 15) is 9.59 Å². The number of ether oxygens (including phenoxy) is 2. The lowest BCUT2D eigenvalue weighted by Crippen LogP contribution is -2.51. The summed E-state index contributed by atoms with van der Waals surface area (Å²) in [5.74, 6) is -0.184. The Morgan fingerprint density at radius 1 is 1.00 bits per heavy atom. The van der Waals surface area contributed by atoms with Crippen LogP contribution in [0.4, 0.5) is 0 Å². The summed E-state index contributed by atoms with van der Waals surface area (Å²) in [5, 5.41) is 5.66. The monoisotopic (exact) mass is 436 g/mol. The molecule has 1 saturated heterocycles. The summed E-state index contributed by atoms with van der Waals surface area (Å²) in [7, 11) is 1.50. The van der Waals surface area contributed by atoms with Crippen molar-refractivity contribution in [3.05, 3.63) is 63.1 Å². The molecular formula is C19H14Cl2N2O4S. The average molecular weight is 437 g/mol. The number of amides is 2. The smallest absolute Gasteiger partial charge is 0.263 e. The van der Waals surface area contributed by atoms with E-state index in [0.717, 1.165) is 5.56 Å². The summed E-state index contributed by atoms with van der Waals surface area (Å²) >= 11 is 16.7. The highest BCUT2D eigenvalue weighted by molar-refractivity contribution is 7.80. The predicted molar refractivity (Wildman–Crippen MR) is 111 cm³/mol. The number of nitrogens with one attached hydrogen (secondary N) is 2. The standard InChI is InChI=1S/C19H14Cl2N2O4S/c1-26-16-8-10(6-12-17(24)22-19(28)23-18(12)25)3-5-15(16)27-9-11-2-4-13(20)14(21)7-11/h2-8H,9H2,1H3,(H2,22,23,24,25,28). The second-order valence-electron chi connectivity index (χ2n) is 5.74. The first kappa shape index (κ1) is 20.1. The molecule has 3 rings (SSSR count). The van der Waals surface area contributed by atoms with E-state index in [0.29, 0.717) is 27.1 Å². The van der Waals surface area contributed by atoms with Gasteiger partial charge < -0.3 is 9.47 Å². The summed E-state index contributed by atoms with van der Waals surface area (Å²) in [4.78, 5) is 23.9. The maximum Gasteiger partial charge on any atom is 0.263 e. The highest BCUT2D eigenvalue weighted by atomic mass is 35.5. The molecule has 0 atom stereocenters. The van der Waals surface area contributed by atoms with Crippen molar-refractivity contribution in [2.24, 2.45) is 0 Å². The van der Waals surface area contributed by atoms with Crippen molar-refractivity contribution in [1.82, 2.24) is 10.6 Å². The maximum absolute atomic E-state index is 11.9. The zero-order chi connectivity index (χ0) is 20.3. The van der Waals surface area contributed by atoms with Crippen molar-refractivity contribution in [2.45, 2.75) is 6.61 Å². The number of carbonyl (C=O) groups is 2. The molecule has 2 N–H and O–H groups in total. The van der Waals surface area contributed by atoms with Gasteiger partial charge in [-0.25, -0.2) is 0 Å². The number of hydrogen-bond donors (Lipinski definition) is 2. The van der Waals surface area contributed by atoms with Crippen LogP contribution in [-0.4, -0.2) is 24.0 Å². The third kappa shape index (κ3) is 4.62. The maximum atomic E-state index is 11.9. The second kappa shape index (κ2) is 8.60. The topological polar surface area (TPSA) is 76.7 Å². The molecule has 1 heterocycles. The van der Waals surface area contributed by atoms with E-state index in [4.69, 9.17) is 44.9 Å². The molecule has 1 aliphatic heterocycles. The fraction of sp³-hybridized carbons (Fsp3) is 0.105. The van der Waals surface area contributed by atoms with Crippen molar-refractivity contribution >= 4 is 58.4 Å². The average Bonchev–Trinajstić information content (AvgIpc) is 2.66. The molecule has 9 heteroatoms. The Bertz CT molecular complexity index is 985. The van der Waals surface area contributed by atoms with Crippen molar-refractivity contribution < 1.29 is 19.1 Å². The van der Waals surface area contributed by atoms with Crippen molar-refractivity contribution in [2.75, 3.05) is 7.11 Å². The van der Waals surface area contributed by atoms with Gasteiger partial charge in [0.05, 0.1) is 17.2 Å². The van der Waals surface area contributed by atoms with Gasteiger partial charge in [0, 0.05) is 0 Å².